The van der Waals surface area contributed by atoms with Crippen LogP contribution in [0.1, 0.15) is 28.2 Å². The van der Waals surface area contributed by atoms with Crippen LogP contribution >= 0.6 is 22.9 Å². The van der Waals surface area contributed by atoms with Crippen molar-refractivity contribution >= 4 is 34.7 Å². The number of nitrogens with zero attached hydrogens (tertiary/aromatic N) is 2. The molecule has 0 aliphatic carbocycles. The zero-order valence-electron chi connectivity index (χ0n) is 15.7. The van der Waals surface area contributed by atoms with Crippen LogP contribution in [0.25, 0.3) is 0 Å². The van der Waals surface area contributed by atoms with E-state index in [2.05, 4.69) is 20.7 Å². The molecular formula is C20H22ClN5O2S. The molecule has 7 nitrogen and oxygen atoms in total. The van der Waals surface area contributed by atoms with Crippen molar-refractivity contribution in [1.29, 1.82) is 5.41 Å². The van der Waals surface area contributed by atoms with E-state index in [0.717, 1.165) is 31.6 Å². The lowest BCUT2D eigenvalue weighted by Crippen LogP contribution is -2.40. The largest absolute Gasteiger partial charge is 0.355 e. The van der Waals surface area contributed by atoms with Crippen molar-refractivity contribution in [3.63, 3.8) is 0 Å². The summed E-state index contributed by atoms with van der Waals surface area (Å²) in [5, 5.41) is 11.2. The first-order chi connectivity index (χ1) is 14.1. The molecule has 0 spiro atoms. The predicted molar refractivity (Wildman–Crippen MR) is 113 cm³/mol. The second kappa shape index (κ2) is 8.94. The van der Waals surface area contributed by atoms with Crippen LogP contribution in [-0.4, -0.2) is 47.4 Å². The van der Waals surface area contributed by atoms with E-state index in [9.17, 15) is 4.79 Å². The van der Waals surface area contributed by atoms with Crippen LogP contribution in [0.3, 0.4) is 0 Å². The number of thiophene rings is 1. The first-order valence-corrected chi connectivity index (χ1v) is 10.7. The number of halogens is 1. The first kappa shape index (κ1) is 19.9. The molecular weight excluding hydrogens is 410 g/mol. The van der Waals surface area contributed by atoms with Gasteiger partial charge in [0.25, 0.3) is 5.91 Å². The number of hydroxylamine groups is 1. The predicted octanol–water partition coefficient (Wildman–Crippen LogP) is 3.05. The zero-order valence-corrected chi connectivity index (χ0v) is 17.3. The fourth-order valence-electron chi connectivity index (χ4n) is 3.53. The molecule has 4 rings (SSSR count). The van der Waals surface area contributed by atoms with E-state index in [1.54, 1.807) is 18.3 Å². The highest BCUT2D eigenvalue weighted by Gasteiger charge is 2.28. The van der Waals surface area contributed by atoms with E-state index in [-0.39, 0.29) is 12.0 Å². The van der Waals surface area contributed by atoms with Crippen molar-refractivity contribution in [3.05, 3.63) is 63.2 Å². The van der Waals surface area contributed by atoms with Crippen LogP contribution in [0, 0.1) is 11.3 Å². The highest BCUT2D eigenvalue weighted by atomic mass is 35.5. The number of nitrogens with one attached hydrogen (secondary N) is 3. The van der Waals surface area contributed by atoms with Crippen molar-refractivity contribution in [2.45, 2.75) is 18.9 Å². The molecule has 0 aromatic carbocycles. The molecule has 2 aliphatic rings. The third kappa shape index (κ3) is 4.77. The zero-order chi connectivity index (χ0) is 20.2. The van der Waals surface area contributed by atoms with E-state index >= 15 is 0 Å². The number of carbonyl (C=O) groups excluding carboxylic acids is 1. The minimum absolute atomic E-state index is 0.145. The molecule has 1 fully saturated rings. The van der Waals surface area contributed by atoms with Gasteiger partial charge in [0, 0.05) is 30.9 Å². The van der Waals surface area contributed by atoms with Gasteiger partial charge in [-0.15, -0.1) is 11.3 Å². The third-order valence-corrected chi connectivity index (χ3v) is 6.34. The number of hydrogen-bond acceptors (Lipinski definition) is 6. The van der Waals surface area contributed by atoms with Crippen molar-refractivity contribution in [3.8, 4) is 0 Å². The molecule has 29 heavy (non-hydrogen) atoms. The van der Waals surface area contributed by atoms with Crippen LogP contribution in [0.15, 0.2) is 48.3 Å². The average Bonchev–Trinajstić information content (AvgIpc) is 3.41. The Kier molecular flexibility index (Phi) is 6.13. The summed E-state index contributed by atoms with van der Waals surface area (Å²) < 4.78 is 0.596. The van der Waals surface area contributed by atoms with E-state index in [4.69, 9.17) is 21.8 Å². The van der Waals surface area contributed by atoms with Crippen LogP contribution in [0.4, 0.5) is 0 Å². The Morgan fingerprint density at radius 2 is 2.17 bits per heavy atom. The first-order valence-electron chi connectivity index (χ1n) is 9.52. The van der Waals surface area contributed by atoms with Gasteiger partial charge in [0.2, 0.25) is 0 Å². The molecule has 0 radical (unpaired) electrons. The maximum Gasteiger partial charge on any atom is 0.261 e. The lowest BCUT2D eigenvalue weighted by Gasteiger charge is -2.33. The summed E-state index contributed by atoms with van der Waals surface area (Å²) in [5.74, 6) is 0.691. The van der Waals surface area contributed by atoms with Crippen molar-refractivity contribution in [2.75, 3.05) is 19.6 Å². The lowest BCUT2D eigenvalue weighted by molar-refractivity contribution is 0.0363. The SMILES string of the molecule is N=C(c1ccccn1)N1CCC(C2=CC(CNC(=O)c3ccc(Cl)s3)ON2)CC1. The van der Waals surface area contributed by atoms with Crippen molar-refractivity contribution in [1.82, 2.24) is 20.7 Å². The number of amidine groups is 1. The Morgan fingerprint density at radius 3 is 2.86 bits per heavy atom. The van der Waals surface area contributed by atoms with Gasteiger partial charge in [-0.25, -0.2) is 0 Å². The van der Waals surface area contributed by atoms with Crippen LogP contribution in [-0.2, 0) is 4.84 Å². The van der Waals surface area contributed by atoms with Crippen LogP contribution < -0.4 is 10.8 Å². The molecule has 1 unspecified atom stereocenters. The Labute approximate surface area is 178 Å². The van der Waals surface area contributed by atoms with Gasteiger partial charge in [-0.2, -0.15) is 0 Å². The fourth-order valence-corrected chi connectivity index (χ4v) is 4.49. The standard InChI is InChI=1S/C20H22ClN5O2S/c21-18-5-4-17(29-18)20(27)24-12-14-11-16(25-28-14)13-6-9-26(10-7-13)19(22)15-3-1-2-8-23-15/h1-5,8,11,13-14,22,25H,6-7,9-10,12H2,(H,24,27). The summed E-state index contributed by atoms with van der Waals surface area (Å²) in [6, 6.07) is 9.06. The number of pyridine rings is 1. The van der Waals surface area contributed by atoms with Crippen LogP contribution in [0.2, 0.25) is 4.34 Å². The van der Waals surface area contributed by atoms with Crippen molar-refractivity contribution in [2.24, 2.45) is 5.92 Å². The van der Waals surface area contributed by atoms with E-state index in [0.29, 0.717) is 33.2 Å². The molecule has 2 aromatic heterocycles. The molecule has 1 saturated heterocycles. The summed E-state index contributed by atoms with van der Waals surface area (Å²) in [6.07, 6.45) is 5.43. The number of likely N-dealkylation sites (tertiary alicyclic amines) is 1. The van der Waals surface area contributed by atoms with E-state index in [1.165, 1.54) is 11.3 Å². The fraction of sp³-hybridized carbons (Fsp3) is 0.350. The van der Waals surface area contributed by atoms with Gasteiger partial charge in [-0.05, 0) is 43.2 Å². The number of allylic oxidation sites excluding steroid dienone is 1. The van der Waals surface area contributed by atoms with Crippen LogP contribution in [0.5, 0.6) is 0 Å². The van der Waals surface area contributed by atoms with Gasteiger partial charge in [-0.3, -0.25) is 25.5 Å². The summed E-state index contributed by atoms with van der Waals surface area (Å²) in [5.41, 5.74) is 4.79. The molecule has 2 aliphatic heterocycles. The van der Waals surface area contributed by atoms with Gasteiger partial charge in [0.1, 0.15) is 17.6 Å². The van der Waals surface area contributed by atoms with Crippen molar-refractivity contribution < 1.29 is 9.63 Å². The number of hydrogen-bond donors (Lipinski definition) is 3. The number of piperidine rings is 1. The highest BCUT2D eigenvalue weighted by Crippen LogP contribution is 2.27. The smallest absolute Gasteiger partial charge is 0.261 e. The average molecular weight is 432 g/mol. The van der Waals surface area contributed by atoms with Gasteiger partial charge in [0.05, 0.1) is 15.8 Å². The number of rotatable bonds is 5. The van der Waals surface area contributed by atoms with Gasteiger partial charge >= 0.3 is 0 Å². The second-order valence-corrected chi connectivity index (χ2v) is 8.73. The molecule has 0 bridgehead atoms. The summed E-state index contributed by atoms with van der Waals surface area (Å²) in [6.45, 7) is 2.01. The lowest BCUT2D eigenvalue weighted by atomic mass is 9.93. The molecule has 1 amide bonds. The number of carbonyl (C=O) groups is 1. The number of aromatic nitrogens is 1. The quantitative estimate of drug-likeness (QED) is 0.500. The minimum Gasteiger partial charge on any atom is -0.355 e. The van der Waals surface area contributed by atoms with Gasteiger partial charge in [0.15, 0.2) is 0 Å². The summed E-state index contributed by atoms with van der Waals surface area (Å²) in [7, 11) is 0. The Hall–Kier alpha value is -2.42. The van der Waals surface area contributed by atoms with E-state index in [1.807, 2.05) is 24.3 Å². The molecule has 0 saturated carbocycles. The molecule has 1 atom stereocenters. The monoisotopic (exact) mass is 431 g/mol. The Morgan fingerprint density at radius 1 is 1.34 bits per heavy atom. The molecule has 2 aromatic rings. The maximum absolute atomic E-state index is 12.1. The molecule has 9 heteroatoms. The molecule has 4 heterocycles. The summed E-state index contributed by atoms with van der Waals surface area (Å²) in [4.78, 5) is 24.7. The normalized spacial score (nSPS) is 19.6. The minimum atomic E-state index is -0.200. The number of amides is 1. The third-order valence-electron chi connectivity index (χ3n) is 5.11. The van der Waals surface area contributed by atoms with Gasteiger partial charge in [-0.1, -0.05) is 17.7 Å². The summed E-state index contributed by atoms with van der Waals surface area (Å²) >= 11 is 7.13. The Balaban J connectivity index is 1.26. The van der Waals surface area contributed by atoms with Gasteiger partial charge < -0.3 is 10.2 Å². The van der Waals surface area contributed by atoms with E-state index < -0.39 is 0 Å². The second-order valence-electron chi connectivity index (χ2n) is 7.02. The Bertz CT molecular complexity index is 909. The molecule has 3 N–H and O–H groups in total. The topological polar surface area (TPSA) is 90.3 Å². The highest BCUT2D eigenvalue weighted by molar-refractivity contribution is 7.17. The maximum atomic E-state index is 12.1. The molecule has 152 valence electrons.